The number of rotatable bonds is 2. The predicted octanol–water partition coefficient (Wildman–Crippen LogP) is 2.58. The zero-order valence-corrected chi connectivity index (χ0v) is 9.22. The molecule has 0 fully saturated rings. The molecule has 1 N–H and O–H groups in total. The number of carbonyl (C=O) groups is 1. The number of halogens is 1. The molecule has 0 spiro atoms. The second-order valence-corrected chi connectivity index (χ2v) is 3.83. The van der Waals surface area contributed by atoms with Crippen LogP contribution in [0.4, 0.5) is 4.39 Å². The highest BCUT2D eigenvalue weighted by molar-refractivity contribution is 5.85. The number of H-pyrrole nitrogens is 1. The van der Waals surface area contributed by atoms with E-state index < -0.39 is 0 Å². The Morgan fingerprint density at radius 3 is 2.78 bits per heavy atom. The molecule has 2 aromatic heterocycles. The molecule has 3 rings (SSSR count). The number of benzene rings is 1. The van der Waals surface area contributed by atoms with E-state index in [-0.39, 0.29) is 11.5 Å². The quantitative estimate of drug-likeness (QED) is 0.701. The fourth-order valence-electron chi connectivity index (χ4n) is 1.79. The molecule has 2 heterocycles. The van der Waals surface area contributed by atoms with Crippen LogP contribution < -0.4 is 0 Å². The number of aromatic nitrogens is 3. The van der Waals surface area contributed by atoms with E-state index in [0.29, 0.717) is 28.6 Å². The van der Waals surface area contributed by atoms with Gasteiger partial charge in [-0.1, -0.05) is 6.07 Å². The first kappa shape index (κ1) is 10.6. The first-order valence-corrected chi connectivity index (χ1v) is 5.33. The van der Waals surface area contributed by atoms with E-state index in [1.807, 2.05) is 0 Å². The largest absolute Gasteiger partial charge is 0.353 e. The second-order valence-electron chi connectivity index (χ2n) is 3.83. The molecular formula is C13H8FN3O. The number of nitrogens with one attached hydrogen (secondary N) is 1. The van der Waals surface area contributed by atoms with Gasteiger partial charge < -0.3 is 4.98 Å². The lowest BCUT2D eigenvalue weighted by atomic mass is 10.2. The summed E-state index contributed by atoms with van der Waals surface area (Å²) < 4.78 is 13.5. The van der Waals surface area contributed by atoms with Gasteiger partial charge in [0.1, 0.15) is 17.2 Å². The molecule has 0 saturated heterocycles. The van der Waals surface area contributed by atoms with E-state index in [0.717, 1.165) is 0 Å². The third-order valence-electron chi connectivity index (χ3n) is 2.68. The van der Waals surface area contributed by atoms with Crippen molar-refractivity contribution in [1.29, 1.82) is 0 Å². The predicted molar refractivity (Wildman–Crippen MR) is 64.7 cm³/mol. The van der Waals surface area contributed by atoms with Gasteiger partial charge in [-0.25, -0.2) is 9.37 Å². The van der Waals surface area contributed by atoms with Crippen LogP contribution in [0.5, 0.6) is 0 Å². The molecule has 18 heavy (non-hydrogen) atoms. The third kappa shape index (κ3) is 1.66. The van der Waals surface area contributed by atoms with Gasteiger partial charge in [0.2, 0.25) is 0 Å². The topological polar surface area (TPSA) is 58.6 Å². The fourth-order valence-corrected chi connectivity index (χ4v) is 1.79. The molecule has 0 aliphatic rings. The molecule has 0 amide bonds. The molecule has 0 aliphatic carbocycles. The van der Waals surface area contributed by atoms with Gasteiger partial charge >= 0.3 is 0 Å². The molecule has 0 saturated carbocycles. The second kappa shape index (κ2) is 4.03. The number of fused-ring (bicyclic) bond motifs is 1. The van der Waals surface area contributed by atoms with Crippen LogP contribution in [-0.4, -0.2) is 21.2 Å². The lowest BCUT2D eigenvalue weighted by Crippen LogP contribution is -1.90. The summed E-state index contributed by atoms with van der Waals surface area (Å²) in [5.41, 5.74) is 2.20. The van der Waals surface area contributed by atoms with Crippen molar-refractivity contribution in [2.45, 2.75) is 0 Å². The van der Waals surface area contributed by atoms with E-state index in [9.17, 15) is 9.18 Å². The first-order valence-electron chi connectivity index (χ1n) is 5.33. The van der Waals surface area contributed by atoms with Crippen molar-refractivity contribution in [3.05, 3.63) is 48.2 Å². The van der Waals surface area contributed by atoms with Crippen LogP contribution in [0.2, 0.25) is 0 Å². The van der Waals surface area contributed by atoms with E-state index in [2.05, 4.69) is 15.0 Å². The van der Waals surface area contributed by atoms with Crippen LogP contribution in [-0.2, 0) is 0 Å². The third-order valence-corrected chi connectivity index (χ3v) is 2.68. The van der Waals surface area contributed by atoms with E-state index in [1.165, 1.54) is 18.5 Å². The van der Waals surface area contributed by atoms with Gasteiger partial charge in [0.25, 0.3) is 0 Å². The van der Waals surface area contributed by atoms with Crippen LogP contribution in [0.15, 0.2) is 36.7 Å². The Kier molecular flexibility index (Phi) is 2.37. The Labute approximate surface area is 102 Å². The summed E-state index contributed by atoms with van der Waals surface area (Å²) in [5, 5.41) is 0.508. The number of hydrogen-bond donors (Lipinski definition) is 1. The molecule has 0 unspecified atom stereocenters. The number of hydrogen-bond acceptors (Lipinski definition) is 3. The SMILES string of the molecule is O=Cc1cnc(-c2cc3c(F)cccc3[nH]2)cn1. The summed E-state index contributed by atoms with van der Waals surface area (Å²) in [5.74, 6) is -0.285. The molecular weight excluding hydrogens is 233 g/mol. The average molecular weight is 241 g/mol. The van der Waals surface area contributed by atoms with Gasteiger partial charge in [0.05, 0.1) is 18.1 Å². The van der Waals surface area contributed by atoms with Gasteiger partial charge in [-0.2, -0.15) is 0 Å². The van der Waals surface area contributed by atoms with Crippen molar-refractivity contribution in [3.63, 3.8) is 0 Å². The van der Waals surface area contributed by atoms with Gasteiger partial charge in [0.15, 0.2) is 6.29 Å². The maximum absolute atomic E-state index is 13.5. The van der Waals surface area contributed by atoms with Crippen LogP contribution in [0.3, 0.4) is 0 Å². The molecule has 3 aromatic rings. The Balaban J connectivity index is 2.13. The highest BCUT2D eigenvalue weighted by atomic mass is 19.1. The summed E-state index contributed by atoms with van der Waals surface area (Å²) in [4.78, 5) is 21.6. The Morgan fingerprint density at radius 2 is 2.11 bits per heavy atom. The minimum Gasteiger partial charge on any atom is -0.353 e. The zero-order chi connectivity index (χ0) is 12.5. The molecule has 0 atom stereocenters. The molecule has 1 aromatic carbocycles. The van der Waals surface area contributed by atoms with Crippen LogP contribution in [0.1, 0.15) is 10.5 Å². The number of carbonyl (C=O) groups excluding carboxylic acids is 1. The minimum atomic E-state index is -0.285. The van der Waals surface area contributed by atoms with E-state index >= 15 is 0 Å². The van der Waals surface area contributed by atoms with Crippen molar-refractivity contribution in [2.75, 3.05) is 0 Å². The first-order chi connectivity index (χ1) is 8.78. The highest BCUT2D eigenvalue weighted by Crippen LogP contribution is 2.24. The van der Waals surface area contributed by atoms with Crippen LogP contribution in [0.25, 0.3) is 22.3 Å². The van der Waals surface area contributed by atoms with Crippen LogP contribution >= 0.6 is 0 Å². The summed E-state index contributed by atoms with van der Waals surface area (Å²) in [6, 6.07) is 6.50. The standard InChI is InChI=1S/C13H8FN3O/c14-10-2-1-3-11-9(10)4-12(17-11)13-6-15-8(7-18)5-16-13/h1-7,17H. The Bertz CT molecular complexity index is 719. The molecule has 5 heteroatoms. The van der Waals surface area contributed by atoms with Crippen molar-refractivity contribution >= 4 is 17.2 Å². The van der Waals surface area contributed by atoms with Crippen molar-refractivity contribution in [1.82, 2.24) is 15.0 Å². The maximum Gasteiger partial charge on any atom is 0.170 e. The number of aldehydes is 1. The molecule has 0 aliphatic heterocycles. The highest BCUT2D eigenvalue weighted by Gasteiger charge is 2.08. The van der Waals surface area contributed by atoms with Gasteiger partial charge in [-0.3, -0.25) is 9.78 Å². The van der Waals surface area contributed by atoms with Gasteiger partial charge in [0, 0.05) is 10.9 Å². The molecule has 4 nitrogen and oxygen atoms in total. The lowest BCUT2D eigenvalue weighted by molar-refractivity contribution is 0.111. The maximum atomic E-state index is 13.5. The van der Waals surface area contributed by atoms with E-state index in [1.54, 1.807) is 18.2 Å². The Morgan fingerprint density at radius 1 is 1.22 bits per heavy atom. The summed E-state index contributed by atoms with van der Waals surface area (Å²) in [7, 11) is 0. The molecule has 88 valence electrons. The minimum absolute atomic E-state index is 0.265. The van der Waals surface area contributed by atoms with Gasteiger partial charge in [-0.05, 0) is 18.2 Å². The van der Waals surface area contributed by atoms with Crippen molar-refractivity contribution in [2.24, 2.45) is 0 Å². The fraction of sp³-hybridized carbons (Fsp3) is 0. The van der Waals surface area contributed by atoms with Gasteiger partial charge in [-0.15, -0.1) is 0 Å². The van der Waals surface area contributed by atoms with Crippen molar-refractivity contribution in [3.8, 4) is 11.4 Å². The number of nitrogens with zero attached hydrogens (tertiary/aromatic N) is 2. The lowest BCUT2D eigenvalue weighted by Gasteiger charge is -1.95. The summed E-state index contributed by atoms with van der Waals surface area (Å²) >= 11 is 0. The molecule has 0 radical (unpaired) electrons. The Hall–Kier alpha value is -2.56. The summed E-state index contributed by atoms with van der Waals surface area (Å²) in [6.45, 7) is 0. The average Bonchev–Trinajstić information content (AvgIpc) is 2.84. The molecule has 0 bridgehead atoms. The van der Waals surface area contributed by atoms with Crippen molar-refractivity contribution < 1.29 is 9.18 Å². The van der Waals surface area contributed by atoms with Crippen LogP contribution in [0, 0.1) is 5.82 Å². The summed E-state index contributed by atoms with van der Waals surface area (Å²) in [6.07, 6.45) is 3.48. The smallest absolute Gasteiger partial charge is 0.170 e. The zero-order valence-electron chi connectivity index (χ0n) is 9.22. The van der Waals surface area contributed by atoms with E-state index in [4.69, 9.17) is 0 Å². The number of aromatic amines is 1. The monoisotopic (exact) mass is 241 g/mol. The normalized spacial score (nSPS) is 10.7.